The van der Waals surface area contributed by atoms with Crippen molar-refractivity contribution < 1.29 is 18.8 Å². The van der Waals surface area contributed by atoms with Gasteiger partial charge in [-0.25, -0.2) is 14.8 Å². The van der Waals surface area contributed by atoms with Gasteiger partial charge in [0.2, 0.25) is 5.88 Å². The normalized spacial score (nSPS) is 11.1. The molecule has 0 spiro atoms. The lowest BCUT2D eigenvalue weighted by molar-refractivity contribution is 0.0635. The molecule has 0 atom stereocenters. The van der Waals surface area contributed by atoms with Crippen molar-refractivity contribution in [3.8, 4) is 17.2 Å². The Balaban J connectivity index is 1.40. The summed E-state index contributed by atoms with van der Waals surface area (Å²) in [6.07, 6.45) is 3.30. The summed E-state index contributed by atoms with van der Waals surface area (Å²) in [6, 6.07) is 19.1. The molecule has 1 aromatic carbocycles. The maximum atomic E-state index is 12.2. The van der Waals surface area contributed by atoms with Crippen LogP contribution < -0.4 is 10.1 Å². The van der Waals surface area contributed by atoms with Gasteiger partial charge >= 0.3 is 6.09 Å². The van der Waals surface area contributed by atoms with E-state index in [9.17, 15) is 4.79 Å². The lowest BCUT2D eigenvalue weighted by Crippen LogP contribution is -2.27. The first-order chi connectivity index (χ1) is 16.4. The largest absolute Gasteiger partial charge is 0.473 e. The zero-order valence-electron chi connectivity index (χ0n) is 19.3. The summed E-state index contributed by atoms with van der Waals surface area (Å²) in [6.45, 7) is 5.85. The Morgan fingerprint density at radius 3 is 2.47 bits per heavy atom. The molecular formula is C26H26N4O4. The van der Waals surface area contributed by atoms with Crippen LogP contribution in [0.5, 0.6) is 5.88 Å². The second-order valence-electron chi connectivity index (χ2n) is 8.66. The second-order valence-corrected chi connectivity index (χ2v) is 8.66. The fraction of sp³-hybridized carbons (Fsp3) is 0.231. The highest BCUT2D eigenvalue weighted by molar-refractivity contribution is 5.88. The first-order valence-corrected chi connectivity index (χ1v) is 10.9. The summed E-state index contributed by atoms with van der Waals surface area (Å²) in [4.78, 5) is 20.6. The number of pyridine rings is 2. The van der Waals surface area contributed by atoms with Gasteiger partial charge in [-0.3, -0.25) is 5.32 Å². The Labute approximate surface area is 198 Å². The van der Waals surface area contributed by atoms with Crippen LogP contribution in [-0.4, -0.2) is 26.8 Å². The first-order valence-electron chi connectivity index (χ1n) is 10.9. The average Bonchev–Trinajstić information content (AvgIpc) is 3.26. The molecule has 0 radical (unpaired) electrons. The smallest absolute Gasteiger partial charge is 0.413 e. The van der Waals surface area contributed by atoms with Crippen LogP contribution in [0.2, 0.25) is 0 Å². The van der Waals surface area contributed by atoms with E-state index in [0.29, 0.717) is 36.0 Å². The van der Waals surface area contributed by atoms with Gasteiger partial charge in [-0.1, -0.05) is 35.5 Å². The standard InChI is InChI=1S/C26H26N4O4/c1-26(2,3)33-25(31)29-24-21(7-6-14-28-24)22-16-20(30-34-22)15-18-9-11-19(12-10-18)17-32-23-8-4-5-13-27-23/h4-14,16H,15,17H2,1-3H3,(H,28,29,31). The third-order valence-corrected chi connectivity index (χ3v) is 4.68. The van der Waals surface area contributed by atoms with E-state index < -0.39 is 11.7 Å². The van der Waals surface area contributed by atoms with Crippen molar-refractivity contribution >= 4 is 11.9 Å². The molecule has 0 aliphatic rings. The van der Waals surface area contributed by atoms with E-state index in [4.69, 9.17) is 14.0 Å². The Kier molecular flexibility index (Phi) is 6.87. The van der Waals surface area contributed by atoms with Gasteiger partial charge in [-0.15, -0.1) is 0 Å². The predicted molar refractivity (Wildman–Crippen MR) is 127 cm³/mol. The van der Waals surface area contributed by atoms with Crippen molar-refractivity contribution in [1.82, 2.24) is 15.1 Å². The highest BCUT2D eigenvalue weighted by Crippen LogP contribution is 2.28. The molecule has 174 valence electrons. The lowest BCUT2D eigenvalue weighted by Gasteiger charge is -2.19. The van der Waals surface area contributed by atoms with E-state index in [1.807, 2.05) is 48.5 Å². The molecule has 1 amide bonds. The van der Waals surface area contributed by atoms with Crippen LogP contribution in [0.4, 0.5) is 10.6 Å². The maximum absolute atomic E-state index is 12.2. The molecule has 8 nitrogen and oxygen atoms in total. The number of amides is 1. The summed E-state index contributed by atoms with van der Waals surface area (Å²) in [5.41, 5.74) is 2.90. The van der Waals surface area contributed by atoms with Gasteiger partial charge < -0.3 is 14.0 Å². The van der Waals surface area contributed by atoms with Crippen LogP contribution in [0.25, 0.3) is 11.3 Å². The van der Waals surface area contributed by atoms with Gasteiger partial charge in [0.1, 0.15) is 18.0 Å². The highest BCUT2D eigenvalue weighted by atomic mass is 16.6. The molecule has 4 rings (SSSR count). The fourth-order valence-electron chi connectivity index (χ4n) is 3.18. The van der Waals surface area contributed by atoms with E-state index in [2.05, 4.69) is 20.4 Å². The monoisotopic (exact) mass is 458 g/mol. The molecule has 1 N–H and O–H groups in total. The first kappa shape index (κ1) is 23.0. The SMILES string of the molecule is CC(C)(C)OC(=O)Nc1ncccc1-c1cc(Cc2ccc(COc3ccccn3)cc2)no1. The number of rotatable bonds is 7. The quantitative estimate of drug-likeness (QED) is 0.382. The minimum Gasteiger partial charge on any atom is -0.473 e. The Morgan fingerprint density at radius 2 is 1.74 bits per heavy atom. The third kappa shape index (κ3) is 6.41. The van der Waals surface area contributed by atoms with Crippen LogP contribution in [-0.2, 0) is 17.8 Å². The summed E-state index contributed by atoms with van der Waals surface area (Å²) in [5.74, 6) is 1.45. The Morgan fingerprint density at radius 1 is 0.971 bits per heavy atom. The van der Waals surface area contributed by atoms with Crippen molar-refractivity contribution in [3.63, 3.8) is 0 Å². The maximum Gasteiger partial charge on any atom is 0.413 e. The third-order valence-electron chi connectivity index (χ3n) is 4.68. The molecule has 3 aromatic heterocycles. The van der Waals surface area contributed by atoms with E-state index in [-0.39, 0.29) is 0 Å². The van der Waals surface area contributed by atoms with Crippen molar-refractivity contribution in [2.24, 2.45) is 0 Å². The summed E-state index contributed by atoms with van der Waals surface area (Å²) >= 11 is 0. The second kappa shape index (κ2) is 10.2. The summed E-state index contributed by atoms with van der Waals surface area (Å²) in [5, 5.41) is 6.86. The van der Waals surface area contributed by atoms with Crippen LogP contribution in [0.3, 0.4) is 0 Å². The van der Waals surface area contributed by atoms with E-state index in [0.717, 1.165) is 16.8 Å². The van der Waals surface area contributed by atoms with E-state index in [1.165, 1.54) is 0 Å². The minimum absolute atomic E-state index is 0.344. The number of ether oxygens (including phenoxy) is 2. The van der Waals surface area contributed by atoms with E-state index >= 15 is 0 Å². The van der Waals surface area contributed by atoms with Gasteiger partial charge in [0.25, 0.3) is 0 Å². The summed E-state index contributed by atoms with van der Waals surface area (Å²) < 4.78 is 16.6. The fourth-order valence-corrected chi connectivity index (χ4v) is 3.18. The number of hydrogen-bond donors (Lipinski definition) is 1. The molecule has 3 heterocycles. The molecule has 0 aliphatic carbocycles. The number of carbonyl (C=O) groups is 1. The van der Waals surface area contributed by atoms with Crippen LogP contribution in [0.15, 0.2) is 77.6 Å². The van der Waals surface area contributed by atoms with Gasteiger partial charge in [-0.2, -0.15) is 0 Å². The number of anilines is 1. The molecular weight excluding hydrogens is 432 g/mol. The molecule has 0 saturated heterocycles. The number of nitrogens with zero attached hydrogens (tertiary/aromatic N) is 3. The molecule has 0 bridgehead atoms. The Bertz CT molecular complexity index is 1230. The van der Waals surface area contributed by atoms with Gasteiger partial charge in [0.05, 0.1) is 11.3 Å². The van der Waals surface area contributed by atoms with Gasteiger partial charge in [0.15, 0.2) is 5.76 Å². The van der Waals surface area contributed by atoms with Crippen molar-refractivity contribution in [2.75, 3.05) is 5.32 Å². The predicted octanol–water partition coefficient (Wildman–Crippen LogP) is 5.65. The molecule has 34 heavy (non-hydrogen) atoms. The number of nitrogens with one attached hydrogen (secondary N) is 1. The zero-order valence-corrected chi connectivity index (χ0v) is 19.3. The number of carbonyl (C=O) groups excluding carboxylic acids is 1. The molecule has 8 heteroatoms. The molecule has 0 fully saturated rings. The van der Waals surface area contributed by atoms with Crippen LogP contribution in [0.1, 0.15) is 37.6 Å². The number of hydrogen-bond acceptors (Lipinski definition) is 7. The number of aromatic nitrogens is 3. The molecule has 0 unspecified atom stereocenters. The van der Waals surface area contributed by atoms with Crippen molar-refractivity contribution in [3.05, 3.63) is 89.9 Å². The highest BCUT2D eigenvalue weighted by Gasteiger charge is 2.19. The Hall–Kier alpha value is -4.20. The molecule has 4 aromatic rings. The number of benzene rings is 1. The lowest BCUT2D eigenvalue weighted by atomic mass is 10.1. The molecule has 0 saturated carbocycles. The van der Waals surface area contributed by atoms with Gasteiger partial charge in [-0.05, 0) is 50.1 Å². The van der Waals surface area contributed by atoms with Gasteiger partial charge in [0, 0.05) is 30.9 Å². The molecule has 0 aliphatic heterocycles. The van der Waals surface area contributed by atoms with Crippen molar-refractivity contribution in [1.29, 1.82) is 0 Å². The van der Waals surface area contributed by atoms with Crippen molar-refractivity contribution in [2.45, 2.75) is 39.4 Å². The topological polar surface area (TPSA) is 99.4 Å². The average molecular weight is 459 g/mol. The van der Waals surface area contributed by atoms with Crippen LogP contribution >= 0.6 is 0 Å². The zero-order chi connectivity index (χ0) is 24.0. The minimum atomic E-state index is -0.613. The van der Waals surface area contributed by atoms with E-state index in [1.54, 1.807) is 45.3 Å². The van der Waals surface area contributed by atoms with Crippen LogP contribution in [0, 0.1) is 0 Å². The summed E-state index contributed by atoms with van der Waals surface area (Å²) in [7, 11) is 0.